The number of alkyl carbamates (subject to hydrolysis) is 6. The topological polar surface area (TPSA) is 381 Å². The van der Waals surface area contributed by atoms with E-state index in [2.05, 4.69) is 47.9 Å². The zero-order valence-corrected chi connectivity index (χ0v) is 57.6. The molecule has 0 saturated carbocycles. The largest absolute Gasteiger partial charge is 0.444 e. The quantitative estimate of drug-likeness (QED) is 0.0405. The number of ether oxygens (including phenoxy) is 6. The molecule has 0 heterocycles. The molecule has 0 aromatic carbocycles. The van der Waals surface area contributed by atoms with Gasteiger partial charge in [-0.25, -0.2) is 28.8 Å². The highest BCUT2D eigenvalue weighted by atomic mass is 16.6. The second-order valence-corrected chi connectivity index (χ2v) is 27.1. The second kappa shape index (κ2) is 41.0. The number of nitrogens with zero attached hydrogens (tertiary/aromatic N) is 4. The molecule has 0 fully saturated rings. The van der Waals surface area contributed by atoms with Crippen LogP contribution in [-0.4, -0.2) is 243 Å². The van der Waals surface area contributed by atoms with Crippen LogP contribution in [0.3, 0.4) is 0 Å². The molecule has 0 rings (SSSR count). The number of rotatable bonds is 36. The summed E-state index contributed by atoms with van der Waals surface area (Å²) in [5, 5.41) is 24.0. The molecule has 91 heavy (non-hydrogen) atoms. The molecule has 0 spiro atoms. The highest BCUT2D eigenvalue weighted by molar-refractivity contribution is 5.85. The minimum atomic E-state index is -0.757. The Bertz CT molecular complexity index is 1980. The summed E-state index contributed by atoms with van der Waals surface area (Å²) < 4.78 is 31.7. The predicted molar refractivity (Wildman–Crippen MR) is 338 cm³/mol. The summed E-state index contributed by atoms with van der Waals surface area (Å²) in [6, 6.07) is 0. The van der Waals surface area contributed by atoms with Crippen molar-refractivity contribution in [2.24, 2.45) is 0 Å². The molecule has 0 aliphatic heterocycles. The van der Waals surface area contributed by atoms with Crippen LogP contribution in [0.4, 0.5) is 28.8 Å². The summed E-state index contributed by atoms with van der Waals surface area (Å²) in [6.45, 7) is 31.9. The van der Waals surface area contributed by atoms with Crippen LogP contribution in [0, 0.1) is 0 Å². The molecule has 0 aromatic heterocycles. The maximum Gasteiger partial charge on any atom is 0.407 e. The molecule has 0 radical (unpaired) electrons. The monoisotopic (exact) mass is 1300 g/mol. The Morgan fingerprint density at radius 2 is 0.385 bits per heavy atom. The van der Waals surface area contributed by atoms with Crippen molar-refractivity contribution < 1.29 is 86.0 Å². The van der Waals surface area contributed by atoms with E-state index >= 15 is 0 Å². The van der Waals surface area contributed by atoms with Gasteiger partial charge in [0, 0.05) is 156 Å². The smallest absolute Gasteiger partial charge is 0.407 e. The van der Waals surface area contributed by atoms with Crippen LogP contribution in [0.5, 0.6) is 0 Å². The Labute approximate surface area is 538 Å². The first kappa shape index (κ1) is 83.4. The standard InChI is InChI=1S/C60H111N13O18/c1-55(2,3)86-49(80)64-28-37-71(38-29-65-50(81)87-56(4,5)6)46(77)22-19-43(74)61-25-34-70(35-26-62-44(75)20-23-47(78)72(39-30-66-51(82)88-57(7,8)9)40-31-67-52(83)89-58(10,11)12)36-27-63-45(76)21-24-48(79)73(41-32-68-53(84)90-59(13,14)15)42-33-69-54(85)91-60(16,17)18/h19-42H2,1-18H3,(H,61,74)(H,62,75)(H,63,76)(H,64,80)(H,65,81)(H,66,82)(H,67,83)(H,68,84)(H,69,85). The van der Waals surface area contributed by atoms with Crippen molar-refractivity contribution >= 4 is 72.0 Å². The minimum Gasteiger partial charge on any atom is -0.444 e. The van der Waals surface area contributed by atoms with Gasteiger partial charge in [-0.15, -0.1) is 0 Å². The summed E-state index contributed by atoms with van der Waals surface area (Å²) in [6.07, 6.45) is -5.41. The van der Waals surface area contributed by atoms with Crippen LogP contribution in [0.1, 0.15) is 163 Å². The fourth-order valence-corrected chi connectivity index (χ4v) is 7.52. The van der Waals surface area contributed by atoms with Crippen molar-refractivity contribution in [3.63, 3.8) is 0 Å². The number of carbonyl (C=O) groups excluding carboxylic acids is 12. The number of amides is 12. The summed E-state index contributed by atoms with van der Waals surface area (Å²) in [5.74, 6) is -2.69. The number of hydrogen-bond acceptors (Lipinski definition) is 19. The first-order valence-corrected chi connectivity index (χ1v) is 31.0. The zero-order valence-electron chi connectivity index (χ0n) is 57.6. The molecule has 0 aliphatic rings. The maximum absolute atomic E-state index is 13.5. The molecule has 12 amide bonds. The van der Waals surface area contributed by atoms with Crippen molar-refractivity contribution in [3.05, 3.63) is 0 Å². The molecule has 31 heteroatoms. The van der Waals surface area contributed by atoms with E-state index in [0.29, 0.717) is 0 Å². The lowest BCUT2D eigenvalue weighted by Crippen LogP contribution is -2.45. The average molecular weight is 1300 g/mol. The van der Waals surface area contributed by atoms with E-state index in [0.717, 1.165) is 0 Å². The van der Waals surface area contributed by atoms with Crippen LogP contribution >= 0.6 is 0 Å². The van der Waals surface area contributed by atoms with Gasteiger partial charge < -0.3 is 91.0 Å². The van der Waals surface area contributed by atoms with Crippen LogP contribution < -0.4 is 47.9 Å². The first-order valence-electron chi connectivity index (χ1n) is 31.0. The average Bonchev–Trinajstić information content (AvgIpc) is 3.42. The van der Waals surface area contributed by atoms with Gasteiger partial charge in [-0.05, 0) is 125 Å². The third-order valence-corrected chi connectivity index (χ3v) is 11.3. The van der Waals surface area contributed by atoms with Crippen molar-refractivity contribution in [3.8, 4) is 0 Å². The summed E-state index contributed by atoms with van der Waals surface area (Å²) in [7, 11) is 0. The van der Waals surface area contributed by atoms with Gasteiger partial charge in [0.05, 0.1) is 0 Å². The van der Waals surface area contributed by atoms with E-state index in [1.165, 1.54) is 14.7 Å². The Balaban J connectivity index is 6.12. The van der Waals surface area contributed by atoms with Gasteiger partial charge in [-0.1, -0.05) is 0 Å². The summed E-state index contributed by atoms with van der Waals surface area (Å²) in [4.78, 5) is 160. The molecule has 0 unspecified atom stereocenters. The lowest BCUT2D eigenvalue weighted by molar-refractivity contribution is -0.133. The van der Waals surface area contributed by atoms with Crippen LogP contribution in [0.15, 0.2) is 0 Å². The van der Waals surface area contributed by atoms with E-state index in [-0.39, 0.29) is 156 Å². The van der Waals surface area contributed by atoms with Gasteiger partial charge >= 0.3 is 36.6 Å². The number of nitrogens with one attached hydrogen (secondary N) is 9. The number of carbonyl (C=O) groups is 12. The molecule has 524 valence electrons. The van der Waals surface area contributed by atoms with Gasteiger partial charge in [0.15, 0.2) is 0 Å². The van der Waals surface area contributed by atoms with Gasteiger partial charge in [0.1, 0.15) is 33.6 Å². The highest BCUT2D eigenvalue weighted by Crippen LogP contribution is 2.12. The third kappa shape index (κ3) is 49.8. The Kier molecular flexibility index (Phi) is 37.6. The van der Waals surface area contributed by atoms with Gasteiger partial charge in [0.2, 0.25) is 35.4 Å². The molecule has 0 aromatic rings. The lowest BCUT2D eigenvalue weighted by Gasteiger charge is -2.25. The van der Waals surface area contributed by atoms with E-state index in [4.69, 9.17) is 28.4 Å². The Morgan fingerprint density at radius 3 is 0.538 bits per heavy atom. The SMILES string of the molecule is CC(C)(C)OC(=O)NCCN(CCNC(=O)OC(C)(C)C)C(=O)CCC(=O)NCCN(CCNC(=O)CCC(=O)N(CCNC(=O)OC(C)(C)C)CCNC(=O)OC(C)(C)C)CCNC(=O)CCC(=O)N(CCNC(=O)OC(C)(C)C)CCNC(=O)OC(C)(C)C. The fraction of sp³-hybridized carbons (Fsp3) is 0.800. The molecular weight excluding hydrogens is 1190 g/mol. The second-order valence-electron chi connectivity index (χ2n) is 27.1. The molecule has 31 nitrogen and oxygen atoms in total. The van der Waals surface area contributed by atoms with Crippen LogP contribution in [-0.2, 0) is 57.2 Å². The van der Waals surface area contributed by atoms with Crippen LogP contribution in [0.25, 0.3) is 0 Å². The molecule has 0 bridgehead atoms. The Hall–Kier alpha value is -7.60. The van der Waals surface area contributed by atoms with Crippen molar-refractivity contribution in [2.75, 3.05) is 118 Å². The van der Waals surface area contributed by atoms with E-state index < -0.39 is 106 Å². The third-order valence-electron chi connectivity index (χ3n) is 11.3. The summed E-state index contributed by atoms with van der Waals surface area (Å²) >= 11 is 0. The molecular formula is C60H111N13O18. The maximum atomic E-state index is 13.5. The minimum absolute atomic E-state index is 0.0179. The first-order chi connectivity index (χ1) is 41.8. The van der Waals surface area contributed by atoms with E-state index in [1.54, 1.807) is 125 Å². The predicted octanol–water partition coefficient (Wildman–Crippen LogP) is 3.61. The van der Waals surface area contributed by atoms with E-state index in [9.17, 15) is 57.5 Å². The Morgan fingerprint density at radius 1 is 0.231 bits per heavy atom. The van der Waals surface area contributed by atoms with Gasteiger partial charge in [0.25, 0.3) is 0 Å². The normalized spacial score (nSPS) is 11.8. The van der Waals surface area contributed by atoms with Crippen molar-refractivity contribution in [1.29, 1.82) is 0 Å². The summed E-state index contributed by atoms with van der Waals surface area (Å²) in [5.41, 5.74) is -4.54. The lowest BCUT2D eigenvalue weighted by atomic mass is 10.2. The zero-order chi connectivity index (χ0) is 69.8. The van der Waals surface area contributed by atoms with Crippen LogP contribution in [0.2, 0.25) is 0 Å². The van der Waals surface area contributed by atoms with E-state index in [1.807, 2.05) is 4.90 Å². The molecule has 0 atom stereocenters. The molecule has 0 aliphatic carbocycles. The molecule has 0 saturated heterocycles. The van der Waals surface area contributed by atoms with Gasteiger partial charge in [-0.2, -0.15) is 0 Å². The number of hydrogen-bond donors (Lipinski definition) is 9. The van der Waals surface area contributed by atoms with Gasteiger partial charge in [-0.3, -0.25) is 33.7 Å². The van der Waals surface area contributed by atoms with Crippen molar-refractivity contribution in [1.82, 2.24) is 67.5 Å². The highest BCUT2D eigenvalue weighted by Gasteiger charge is 2.25. The molecule has 9 N–H and O–H groups in total. The fourth-order valence-electron chi connectivity index (χ4n) is 7.52. The van der Waals surface area contributed by atoms with Crippen molar-refractivity contribution in [2.45, 2.75) is 197 Å².